The molecule has 1 amide bonds. The molecule has 1 fully saturated rings. The van der Waals surface area contributed by atoms with Crippen LogP contribution in [0, 0.1) is 10.1 Å². The molecule has 0 aliphatic carbocycles. The summed E-state index contributed by atoms with van der Waals surface area (Å²) in [5, 5.41) is 15.3. The van der Waals surface area contributed by atoms with E-state index >= 15 is 0 Å². The van der Waals surface area contributed by atoms with Crippen LogP contribution in [0.15, 0.2) is 91.0 Å². The van der Waals surface area contributed by atoms with Crippen molar-refractivity contribution in [2.24, 2.45) is 0 Å². The van der Waals surface area contributed by atoms with Crippen molar-refractivity contribution in [3.63, 3.8) is 0 Å². The van der Waals surface area contributed by atoms with Gasteiger partial charge in [0, 0.05) is 4.92 Å². The fourth-order valence-electron chi connectivity index (χ4n) is 5.37. The van der Waals surface area contributed by atoms with Crippen molar-refractivity contribution in [1.29, 1.82) is 0 Å². The van der Waals surface area contributed by atoms with Crippen molar-refractivity contribution in [2.45, 2.75) is 95.9 Å². The summed E-state index contributed by atoms with van der Waals surface area (Å²) in [5.74, 6) is -0.847. The van der Waals surface area contributed by atoms with Crippen LogP contribution in [0.2, 0.25) is 0 Å². The number of alkyl carbamates (subject to hydrolysis) is 1. The molecule has 0 unspecified atom stereocenters. The monoisotopic (exact) mass is 694 g/mol. The molecule has 7 atom stereocenters. The highest BCUT2D eigenvalue weighted by molar-refractivity contribution is 5.82. The van der Waals surface area contributed by atoms with E-state index in [0.717, 1.165) is 23.8 Å². The van der Waals surface area contributed by atoms with E-state index in [9.17, 15) is 19.7 Å². The van der Waals surface area contributed by atoms with Gasteiger partial charge in [-0.1, -0.05) is 91.0 Å². The maximum atomic E-state index is 12.9. The van der Waals surface area contributed by atoms with Gasteiger partial charge in [-0.15, -0.1) is 0 Å². The summed E-state index contributed by atoms with van der Waals surface area (Å²) in [6.07, 6.45) is -6.71. The van der Waals surface area contributed by atoms with Crippen molar-refractivity contribution in [2.75, 3.05) is 13.7 Å². The van der Waals surface area contributed by atoms with E-state index in [0.29, 0.717) is 0 Å². The Morgan fingerprint density at radius 3 is 1.82 bits per heavy atom. The molecular weight excluding hydrogens is 648 g/mol. The normalized spacial score (nSPS) is 21.8. The molecule has 0 bridgehead atoms. The van der Waals surface area contributed by atoms with Crippen LogP contribution in [0.3, 0.4) is 0 Å². The predicted octanol–water partition coefficient (Wildman–Crippen LogP) is 5.22. The first-order valence-corrected chi connectivity index (χ1v) is 16.4. The number of ether oxygens (including phenoxy) is 7. The summed E-state index contributed by atoms with van der Waals surface area (Å²) >= 11 is 0. The lowest BCUT2D eigenvalue weighted by Crippen LogP contribution is -2.64. The van der Waals surface area contributed by atoms with E-state index in [1.807, 2.05) is 91.0 Å². The Morgan fingerprint density at radius 1 is 0.840 bits per heavy atom. The van der Waals surface area contributed by atoms with Crippen LogP contribution in [0.4, 0.5) is 4.79 Å². The number of carbonyl (C=O) groups excluding carboxylic acids is 2. The average molecular weight is 695 g/mol. The predicted molar refractivity (Wildman–Crippen MR) is 181 cm³/mol. The summed E-state index contributed by atoms with van der Waals surface area (Å²) in [7, 11) is 1.15. The number of nitrogens with zero attached hydrogens (tertiary/aromatic N) is 1. The Labute approximate surface area is 292 Å². The Hall–Kier alpha value is -4.40. The Kier molecular flexibility index (Phi) is 14.2. The molecule has 270 valence electrons. The van der Waals surface area contributed by atoms with Crippen molar-refractivity contribution in [1.82, 2.24) is 5.32 Å². The minimum absolute atomic E-state index is 0.0329. The zero-order chi connectivity index (χ0) is 36.1. The molecule has 3 aromatic carbocycles. The first-order chi connectivity index (χ1) is 23.9. The number of nitrogens with one attached hydrogen (secondary N) is 1. The number of methoxy groups -OCH3 is 1. The minimum Gasteiger partial charge on any atom is -0.467 e. The molecule has 0 spiro atoms. The van der Waals surface area contributed by atoms with Gasteiger partial charge in [0.2, 0.25) is 6.29 Å². The first-order valence-electron chi connectivity index (χ1n) is 16.4. The Morgan fingerprint density at radius 2 is 1.34 bits per heavy atom. The molecular formula is C37H46N2O11. The van der Waals surface area contributed by atoms with Crippen molar-refractivity contribution < 1.29 is 47.7 Å². The molecule has 1 saturated heterocycles. The van der Waals surface area contributed by atoms with Gasteiger partial charge in [0.1, 0.15) is 17.8 Å². The molecule has 0 saturated carbocycles. The van der Waals surface area contributed by atoms with Crippen LogP contribution in [0.25, 0.3) is 0 Å². The van der Waals surface area contributed by atoms with Crippen LogP contribution < -0.4 is 5.32 Å². The number of esters is 1. The zero-order valence-corrected chi connectivity index (χ0v) is 29.0. The quantitative estimate of drug-likeness (QED) is 0.119. The lowest BCUT2D eigenvalue weighted by Gasteiger charge is -2.43. The molecule has 0 aromatic heterocycles. The molecule has 1 aliphatic heterocycles. The summed E-state index contributed by atoms with van der Waals surface area (Å²) in [6.45, 7) is 6.84. The van der Waals surface area contributed by atoms with Gasteiger partial charge < -0.3 is 38.5 Å². The molecule has 0 radical (unpaired) electrons. The Balaban J connectivity index is 1.65. The van der Waals surface area contributed by atoms with Gasteiger partial charge in [0.15, 0.2) is 12.1 Å². The third-order valence-electron chi connectivity index (χ3n) is 7.77. The number of hydrogen-bond acceptors (Lipinski definition) is 11. The average Bonchev–Trinajstić information content (AvgIpc) is 3.09. The maximum absolute atomic E-state index is 12.9. The molecule has 50 heavy (non-hydrogen) atoms. The number of nitro groups is 1. The van der Waals surface area contributed by atoms with Gasteiger partial charge in [-0.25, -0.2) is 9.59 Å². The second-order valence-electron chi connectivity index (χ2n) is 12.8. The first kappa shape index (κ1) is 38.4. The molecule has 13 nitrogen and oxygen atoms in total. The topological polar surface area (TPSA) is 154 Å². The van der Waals surface area contributed by atoms with E-state index < -0.39 is 65.4 Å². The SMILES string of the molecule is COC(=O)[C@@H](NC(=O)OC(C)(C)C)[C@@H](C)O[C@H]1O[C@H](COCc2ccccc2)[C@H](OCc2ccccc2)[C@H](OCc2ccccc2)[C@H]1[N+](=O)[O-]. The van der Waals surface area contributed by atoms with Crippen LogP contribution >= 0.6 is 0 Å². The summed E-state index contributed by atoms with van der Waals surface area (Å²) in [6, 6.07) is 25.1. The number of carbonyl (C=O) groups is 2. The lowest BCUT2D eigenvalue weighted by atomic mass is 9.96. The molecule has 4 rings (SSSR count). The third kappa shape index (κ3) is 11.6. The van der Waals surface area contributed by atoms with Crippen LogP contribution in [-0.2, 0) is 57.8 Å². The fourth-order valence-corrected chi connectivity index (χ4v) is 5.37. The molecule has 1 heterocycles. The molecule has 1 aliphatic rings. The molecule has 3 aromatic rings. The van der Waals surface area contributed by atoms with Gasteiger partial charge in [-0.05, 0) is 44.4 Å². The third-order valence-corrected chi connectivity index (χ3v) is 7.77. The maximum Gasteiger partial charge on any atom is 0.408 e. The summed E-state index contributed by atoms with van der Waals surface area (Å²) < 4.78 is 41.5. The number of benzene rings is 3. The minimum atomic E-state index is -1.62. The van der Waals surface area contributed by atoms with Gasteiger partial charge >= 0.3 is 12.1 Å². The van der Waals surface area contributed by atoms with E-state index in [2.05, 4.69) is 5.32 Å². The van der Waals surface area contributed by atoms with Gasteiger partial charge in [-0.2, -0.15) is 0 Å². The van der Waals surface area contributed by atoms with E-state index in [1.54, 1.807) is 20.8 Å². The van der Waals surface area contributed by atoms with Crippen LogP contribution in [-0.4, -0.2) is 79.1 Å². The molecule has 1 N–H and O–H groups in total. The number of amides is 1. The highest BCUT2D eigenvalue weighted by Gasteiger charge is 2.56. The van der Waals surface area contributed by atoms with Crippen molar-refractivity contribution >= 4 is 12.1 Å². The highest BCUT2D eigenvalue weighted by Crippen LogP contribution is 2.31. The van der Waals surface area contributed by atoms with Gasteiger partial charge in [0.25, 0.3) is 6.04 Å². The van der Waals surface area contributed by atoms with Crippen LogP contribution in [0.5, 0.6) is 0 Å². The molecule has 13 heteroatoms. The smallest absolute Gasteiger partial charge is 0.408 e. The van der Waals surface area contributed by atoms with Gasteiger partial charge in [0.05, 0.1) is 39.6 Å². The standard InChI is InChI=1S/C37H46N2O11/c1-25(30(34(40)44-5)38-36(41)50-37(2,3)4)48-35-31(39(42)43)33(47-23-28-19-13-8-14-20-28)32(46-22-27-17-11-7-12-18-27)29(49-35)24-45-21-26-15-9-6-10-16-26/h6-20,25,29-33,35H,21-24H2,1-5H3,(H,38,41)/t25-,29-,30+,31-,32+,33-,35+/m1/s1. The highest BCUT2D eigenvalue weighted by atomic mass is 16.7. The number of hydrogen-bond donors (Lipinski definition) is 1. The fraction of sp³-hybridized carbons (Fsp3) is 0.459. The van der Waals surface area contributed by atoms with Crippen molar-refractivity contribution in [3.8, 4) is 0 Å². The van der Waals surface area contributed by atoms with Crippen LogP contribution in [0.1, 0.15) is 44.4 Å². The number of rotatable bonds is 16. The summed E-state index contributed by atoms with van der Waals surface area (Å²) in [4.78, 5) is 37.8. The van der Waals surface area contributed by atoms with Crippen molar-refractivity contribution in [3.05, 3.63) is 118 Å². The van der Waals surface area contributed by atoms with Gasteiger partial charge in [-0.3, -0.25) is 10.1 Å². The Bertz CT molecular complexity index is 1490. The second-order valence-corrected chi connectivity index (χ2v) is 12.8. The second kappa shape index (κ2) is 18.6. The zero-order valence-electron chi connectivity index (χ0n) is 29.0. The van der Waals surface area contributed by atoms with E-state index in [4.69, 9.17) is 33.2 Å². The largest absolute Gasteiger partial charge is 0.467 e. The lowest BCUT2D eigenvalue weighted by molar-refractivity contribution is -0.578. The van der Waals surface area contributed by atoms with E-state index in [1.165, 1.54) is 6.92 Å². The van der Waals surface area contributed by atoms with E-state index in [-0.39, 0.29) is 26.4 Å². The summed E-state index contributed by atoms with van der Waals surface area (Å²) in [5.41, 5.74) is 1.69.